The topological polar surface area (TPSA) is 92.0 Å². The van der Waals surface area contributed by atoms with E-state index in [0.29, 0.717) is 24.7 Å². The number of nitrogens with zero attached hydrogens (tertiary/aromatic N) is 3. The minimum absolute atomic E-state index is 0. The summed E-state index contributed by atoms with van der Waals surface area (Å²) in [4.78, 5) is 17.0. The lowest BCUT2D eigenvalue weighted by Gasteiger charge is -2.24. The summed E-state index contributed by atoms with van der Waals surface area (Å²) in [6.45, 7) is 3.72. The fourth-order valence-electron chi connectivity index (χ4n) is 2.74. The zero-order chi connectivity index (χ0) is 17.4. The summed E-state index contributed by atoms with van der Waals surface area (Å²) in [5, 5.41) is 17.3. The molecule has 8 nitrogen and oxygen atoms in total. The van der Waals surface area contributed by atoms with Crippen LogP contribution in [0.3, 0.4) is 0 Å². The lowest BCUT2D eigenvalue weighted by atomic mass is 10.1. The Morgan fingerprint density at radius 2 is 2.20 bits per heavy atom. The Balaban J connectivity index is 0.00000312. The summed E-state index contributed by atoms with van der Waals surface area (Å²) in [7, 11) is 3.75. The quantitative estimate of drug-likeness (QED) is 0.161. The summed E-state index contributed by atoms with van der Waals surface area (Å²) in [6, 6.07) is 6.63. The number of para-hydroxylation sites is 2. The van der Waals surface area contributed by atoms with E-state index in [0.717, 1.165) is 32.1 Å². The molecule has 2 rings (SSSR count). The van der Waals surface area contributed by atoms with Crippen molar-refractivity contribution in [1.82, 2.24) is 10.2 Å². The summed E-state index contributed by atoms with van der Waals surface area (Å²) in [6.07, 6.45) is 1.08. The summed E-state index contributed by atoms with van der Waals surface area (Å²) in [5.41, 5.74) is 0.607. The van der Waals surface area contributed by atoms with Crippen LogP contribution in [0.1, 0.15) is 6.42 Å². The number of halogens is 1. The molecule has 1 aromatic rings. The third-order valence-electron chi connectivity index (χ3n) is 3.95. The number of guanidine groups is 1. The van der Waals surface area contributed by atoms with E-state index in [2.05, 4.69) is 20.5 Å². The van der Waals surface area contributed by atoms with Crippen LogP contribution >= 0.6 is 24.0 Å². The summed E-state index contributed by atoms with van der Waals surface area (Å²) in [5.74, 6) is 1.35. The van der Waals surface area contributed by atoms with Crippen LogP contribution < -0.4 is 10.6 Å². The molecule has 1 aliphatic rings. The van der Waals surface area contributed by atoms with Gasteiger partial charge in [-0.3, -0.25) is 15.1 Å². The maximum absolute atomic E-state index is 11.0. The van der Waals surface area contributed by atoms with Crippen LogP contribution in [0.2, 0.25) is 0 Å². The van der Waals surface area contributed by atoms with Crippen LogP contribution in [0, 0.1) is 16.0 Å². The highest BCUT2D eigenvalue weighted by molar-refractivity contribution is 14.0. The molecule has 1 atom stereocenters. The van der Waals surface area contributed by atoms with Gasteiger partial charge in [0.05, 0.1) is 11.5 Å². The zero-order valence-corrected chi connectivity index (χ0v) is 16.9. The smallest absolute Gasteiger partial charge is 0.292 e. The Hall–Kier alpha value is -1.62. The molecule has 1 heterocycles. The largest absolute Gasteiger partial charge is 0.381 e. The number of aliphatic imine (C=N–C) groups is 1. The molecule has 2 N–H and O–H groups in total. The van der Waals surface area contributed by atoms with Crippen LogP contribution in [-0.2, 0) is 4.74 Å². The van der Waals surface area contributed by atoms with Gasteiger partial charge in [0.15, 0.2) is 5.96 Å². The highest BCUT2D eigenvalue weighted by Gasteiger charge is 2.19. The molecule has 0 aromatic heterocycles. The first-order chi connectivity index (χ1) is 11.6. The second-order valence-corrected chi connectivity index (χ2v) is 5.79. The number of nitrogens with one attached hydrogen (secondary N) is 2. The molecule has 1 saturated heterocycles. The number of nitro groups is 1. The zero-order valence-electron chi connectivity index (χ0n) is 14.6. The van der Waals surface area contributed by atoms with Crippen LogP contribution in [0.4, 0.5) is 11.4 Å². The predicted octanol–water partition coefficient (Wildman–Crippen LogP) is 2.17. The molecule has 25 heavy (non-hydrogen) atoms. The molecular formula is C16H26IN5O3. The molecule has 1 aliphatic heterocycles. The Kier molecular flexibility index (Phi) is 9.50. The minimum Gasteiger partial charge on any atom is -0.381 e. The molecule has 0 amide bonds. The highest BCUT2D eigenvalue weighted by Crippen LogP contribution is 2.22. The van der Waals surface area contributed by atoms with E-state index in [4.69, 9.17) is 4.74 Å². The van der Waals surface area contributed by atoms with Crippen molar-refractivity contribution in [3.05, 3.63) is 34.4 Å². The van der Waals surface area contributed by atoms with Crippen molar-refractivity contribution in [2.24, 2.45) is 10.9 Å². The standard InChI is InChI=1S/C16H25N5O3.HI/c1-17-16(20(2)11-13-7-10-24-12-13)19-9-8-18-14-5-3-4-6-15(14)21(22)23;/h3-6,13,18H,7-12H2,1-2H3,(H,17,19);1H. The number of nitro benzene ring substituents is 1. The predicted molar refractivity (Wildman–Crippen MR) is 110 cm³/mol. The molecule has 0 spiro atoms. The van der Waals surface area contributed by atoms with Gasteiger partial charge in [-0.1, -0.05) is 12.1 Å². The van der Waals surface area contributed by atoms with E-state index in [1.807, 2.05) is 7.05 Å². The Morgan fingerprint density at radius 3 is 2.84 bits per heavy atom. The Morgan fingerprint density at radius 1 is 1.44 bits per heavy atom. The fourth-order valence-corrected chi connectivity index (χ4v) is 2.74. The van der Waals surface area contributed by atoms with Gasteiger partial charge in [-0.25, -0.2) is 0 Å². The Labute approximate surface area is 165 Å². The number of hydrogen-bond acceptors (Lipinski definition) is 5. The average molecular weight is 463 g/mol. The van der Waals surface area contributed by atoms with Crippen molar-refractivity contribution in [3.63, 3.8) is 0 Å². The molecule has 0 bridgehead atoms. The third kappa shape index (κ3) is 6.65. The number of anilines is 1. The van der Waals surface area contributed by atoms with Crippen molar-refractivity contribution < 1.29 is 9.66 Å². The van der Waals surface area contributed by atoms with Crippen molar-refractivity contribution in [2.45, 2.75) is 6.42 Å². The molecule has 1 unspecified atom stereocenters. The second kappa shape index (κ2) is 11.1. The lowest BCUT2D eigenvalue weighted by molar-refractivity contribution is -0.384. The summed E-state index contributed by atoms with van der Waals surface area (Å²) < 4.78 is 5.40. The summed E-state index contributed by atoms with van der Waals surface area (Å²) >= 11 is 0. The van der Waals surface area contributed by atoms with Crippen molar-refractivity contribution in [1.29, 1.82) is 0 Å². The van der Waals surface area contributed by atoms with Gasteiger partial charge in [-0.15, -0.1) is 24.0 Å². The SMILES string of the molecule is CN=C(NCCNc1ccccc1[N+](=O)[O-])N(C)CC1CCOC1.I. The molecule has 1 fully saturated rings. The van der Waals surface area contributed by atoms with E-state index < -0.39 is 0 Å². The van der Waals surface area contributed by atoms with Gasteiger partial charge in [0.1, 0.15) is 5.69 Å². The number of rotatable bonds is 7. The third-order valence-corrected chi connectivity index (χ3v) is 3.95. The van der Waals surface area contributed by atoms with E-state index in [1.165, 1.54) is 6.07 Å². The molecule has 0 aliphatic carbocycles. The highest BCUT2D eigenvalue weighted by atomic mass is 127. The van der Waals surface area contributed by atoms with Gasteiger partial charge in [-0.2, -0.15) is 0 Å². The fraction of sp³-hybridized carbons (Fsp3) is 0.562. The van der Waals surface area contributed by atoms with E-state index in [1.54, 1.807) is 25.2 Å². The number of ether oxygens (including phenoxy) is 1. The molecule has 9 heteroatoms. The second-order valence-electron chi connectivity index (χ2n) is 5.79. The van der Waals surface area contributed by atoms with E-state index in [9.17, 15) is 10.1 Å². The number of benzene rings is 1. The molecule has 140 valence electrons. The molecule has 1 aromatic carbocycles. The van der Waals surface area contributed by atoms with Crippen molar-refractivity contribution in [3.8, 4) is 0 Å². The first-order valence-electron chi connectivity index (χ1n) is 8.08. The van der Waals surface area contributed by atoms with Gasteiger partial charge in [0.2, 0.25) is 0 Å². The van der Waals surface area contributed by atoms with Crippen LogP contribution in [0.15, 0.2) is 29.3 Å². The van der Waals surface area contributed by atoms with Crippen LogP contribution in [-0.4, -0.2) is 62.7 Å². The van der Waals surface area contributed by atoms with E-state index >= 15 is 0 Å². The normalized spacial score (nSPS) is 16.9. The van der Waals surface area contributed by atoms with E-state index in [-0.39, 0.29) is 34.6 Å². The van der Waals surface area contributed by atoms with Crippen LogP contribution in [0.5, 0.6) is 0 Å². The maximum atomic E-state index is 11.0. The lowest BCUT2D eigenvalue weighted by Crippen LogP contribution is -2.43. The van der Waals surface area contributed by atoms with Gasteiger partial charge in [-0.05, 0) is 12.5 Å². The number of hydrogen-bond donors (Lipinski definition) is 2. The van der Waals surface area contributed by atoms with Gasteiger partial charge < -0.3 is 20.3 Å². The van der Waals surface area contributed by atoms with Crippen LogP contribution in [0.25, 0.3) is 0 Å². The minimum atomic E-state index is -0.383. The molecule has 0 saturated carbocycles. The first kappa shape index (κ1) is 21.4. The Bertz CT molecular complexity index is 579. The molecular weight excluding hydrogens is 437 g/mol. The van der Waals surface area contributed by atoms with Crippen molar-refractivity contribution in [2.75, 3.05) is 52.3 Å². The first-order valence-corrected chi connectivity index (χ1v) is 8.08. The average Bonchev–Trinajstić information content (AvgIpc) is 3.08. The molecule has 0 radical (unpaired) electrons. The van der Waals surface area contributed by atoms with Crippen molar-refractivity contribution >= 4 is 41.3 Å². The monoisotopic (exact) mass is 463 g/mol. The van der Waals surface area contributed by atoms with Gasteiger partial charge >= 0.3 is 0 Å². The van der Waals surface area contributed by atoms with Gasteiger partial charge in [0.25, 0.3) is 5.69 Å². The van der Waals surface area contributed by atoms with Gasteiger partial charge in [0, 0.05) is 52.3 Å². The maximum Gasteiger partial charge on any atom is 0.292 e.